The van der Waals surface area contributed by atoms with Gasteiger partial charge in [-0.3, -0.25) is 4.79 Å². The van der Waals surface area contributed by atoms with Crippen molar-refractivity contribution in [2.75, 3.05) is 4.90 Å². The number of anilines is 1. The van der Waals surface area contributed by atoms with Gasteiger partial charge in [0.15, 0.2) is 0 Å². The Morgan fingerprint density at radius 2 is 1.12 bits per heavy atom. The number of carbonyl (C=O) groups is 1. The van der Waals surface area contributed by atoms with Crippen LogP contribution in [0.15, 0.2) is 133 Å². The third kappa shape index (κ3) is 5.13. The number of para-hydroxylation sites is 2. The molecule has 49 heavy (non-hydrogen) atoms. The molecule has 0 N–H and O–H groups in total. The normalized spacial score (nSPS) is 13.4. The molecule has 7 aromatic rings. The number of amides is 1. The summed E-state index contributed by atoms with van der Waals surface area (Å²) in [6.07, 6.45) is -10.0. The van der Waals surface area contributed by atoms with Crippen LogP contribution in [0.4, 0.5) is 32.0 Å². The first-order valence-electron chi connectivity index (χ1n) is 15.4. The monoisotopic (exact) mass is 662 g/mol. The molecule has 0 bridgehead atoms. The van der Waals surface area contributed by atoms with Gasteiger partial charge in [-0.15, -0.1) is 0 Å². The Bertz CT molecular complexity index is 2380. The summed E-state index contributed by atoms with van der Waals surface area (Å²) in [5.41, 5.74) is 2.81. The lowest BCUT2D eigenvalue weighted by atomic mass is 9.97. The van der Waals surface area contributed by atoms with E-state index in [-0.39, 0.29) is 29.6 Å². The van der Waals surface area contributed by atoms with Crippen LogP contribution in [0.5, 0.6) is 0 Å². The molecule has 0 fully saturated rings. The van der Waals surface area contributed by atoms with Crippen LogP contribution in [0.1, 0.15) is 27.0 Å². The maximum atomic E-state index is 13.9. The summed E-state index contributed by atoms with van der Waals surface area (Å²) in [5, 5.41) is 1.41. The topological polar surface area (TPSA) is 25.2 Å². The third-order valence-electron chi connectivity index (χ3n) is 9.06. The standard InChI is InChI=1S/C40H24F6N2O/c41-39(42,43)27-20-26(21-28(22-27)40(44,45)46)30-11-6-12-32-31-10-4-5-14-35(31)48(37(30)32)36-15-7-13-33-34(36)23-47(38(33)49)29-18-16-25(17-19-29)24-8-2-1-3-9-24/h1-22H,23H2. The average Bonchev–Trinajstić information content (AvgIpc) is 3.62. The van der Waals surface area contributed by atoms with Crippen molar-refractivity contribution in [1.29, 1.82) is 0 Å². The highest BCUT2D eigenvalue weighted by atomic mass is 19.4. The average molecular weight is 663 g/mol. The molecule has 0 unspecified atom stereocenters. The summed E-state index contributed by atoms with van der Waals surface area (Å²) >= 11 is 0. The molecule has 242 valence electrons. The SMILES string of the molecule is O=C1c2cccc(-n3c4ccccc4c4cccc(-c5cc(C(F)(F)F)cc(C(F)(F)F)c5)c43)c2CN1c1ccc(-c2ccccc2)cc1. The number of rotatable bonds is 4. The van der Waals surface area contributed by atoms with Crippen LogP contribution in [0.2, 0.25) is 0 Å². The number of aromatic nitrogens is 1. The molecular weight excluding hydrogens is 638 g/mol. The number of hydrogen-bond acceptors (Lipinski definition) is 1. The zero-order valence-corrected chi connectivity index (χ0v) is 25.5. The van der Waals surface area contributed by atoms with Crippen LogP contribution in [-0.4, -0.2) is 10.5 Å². The first-order valence-corrected chi connectivity index (χ1v) is 15.4. The van der Waals surface area contributed by atoms with Crippen LogP contribution in [0.3, 0.4) is 0 Å². The molecule has 0 atom stereocenters. The van der Waals surface area contributed by atoms with Gasteiger partial charge in [-0.2, -0.15) is 26.3 Å². The maximum absolute atomic E-state index is 13.9. The summed E-state index contributed by atoms with van der Waals surface area (Å²) in [5.74, 6) is -0.210. The van der Waals surface area contributed by atoms with Gasteiger partial charge in [0.2, 0.25) is 0 Å². The Hall–Kier alpha value is -5.83. The van der Waals surface area contributed by atoms with Gasteiger partial charge in [0, 0.05) is 33.2 Å². The Labute approximate surface area is 276 Å². The van der Waals surface area contributed by atoms with Crippen LogP contribution < -0.4 is 4.90 Å². The number of halogens is 6. The van der Waals surface area contributed by atoms with E-state index in [0.29, 0.717) is 38.9 Å². The second-order valence-corrected chi connectivity index (χ2v) is 12.0. The van der Waals surface area contributed by atoms with Crippen LogP contribution >= 0.6 is 0 Å². The van der Waals surface area contributed by atoms with Crippen LogP contribution in [0.25, 0.3) is 49.7 Å². The van der Waals surface area contributed by atoms with Gasteiger partial charge in [-0.05, 0) is 65.2 Å². The van der Waals surface area contributed by atoms with Gasteiger partial charge in [-0.25, -0.2) is 0 Å². The molecule has 0 spiro atoms. The van der Waals surface area contributed by atoms with E-state index >= 15 is 0 Å². The number of benzene rings is 6. The first kappa shape index (κ1) is 30.5. The van der Waals surface area contributed by atoms with Gasteiger partial charge >= 0.3 is 12.4 Å². The Kier molecular flexibility index (Phi) is 6.92. The number of carbonyl (C=O) groups excluding carboxylic acids is 1. The summed E-state index contributed by atoms with van der Waals surface area (Å²) in [7, 11) is 0. The molecular formula is C40H24F6N2O. The molecule has 6 aromatic carbocycles. The second kappa shape index (κ2) is 11.1. The molecule has 2 heterocycles. The van der Waals surface area contributed by atoms with E-state index in [0.717, 1.165) is 28.6 Å². The van der Waals surface area contributed by atoms with Crippen LogP contribution in [-0.2, 0) is 18.9 Å². The van der Waals surface area contributed by atoms with Crippen molar-refractivity contribution < 1.29 is 31.1 Å². The molecule has 3 nitrogen and oxygen atoms in total. The third-order valence-corrected chi connectivity index (χ3v) is 9.06. The number of alkyl halides is 6. The van der Waals surface area contributed by atoms with E-state index < -0.39 is 23.5 Å². The summed E-state index contributed by atoms with van der Waals surface area (Å²) in [4.78, 5) is 15.5. The fourth-order valence-corrected chi connectivity index (χ4v) is 6.81. The predicted octanol–water partition coefficient (Wildman–Crippen LogP) is 11.3. The van der Waals surface area contributed by atoms with Crippen molar-refractivity contribution in [3.05, 3.63) is 156 Å². The van der Waals surface area contributed by atoms with E-state index in [1.54, 1.807) is 29.2 Å². The predicted molar refractivity (Wildman–Crippen MR) is 179 cm³/mol. The summed E-state index contributed by atoms with van der Waals surface area (Å²) in [6.45, 7) is 0.215. The van der Waals surface area contributed by atoms with Gasteiger partial charge in [0.05, 0.1) is 34.4 Å². The van der Waals surface area contributed by atoms with Crippen molar-refractivity contribution in [3.63, 3.8) is 0 Å². The Morgan fingerprint density at radius 3 is 1.82 bits per heavy atom. The smallest absolute Gasteiger partial charge is 0.308 e. The minimum absolute atomic E-state index is 0.135. The van der Waals surface area contributed by atoms with Gasteiger partial charge in [0.25, 0.3) is 5.91 Å². The largest absolute Gasteiger partial charge is 0.416 e. The highest BCUT2D eigenvalue weighted by Gasteiger charge is 2.38. The maximum Gasteiger partial charge on any atom is 0.416 e. The van der Waals surface area contributed by atoms with E-state index in [9.17, 15) is 31.1 Å². The zero-order chi connectivity index (χ0) is 34.1. The number of fused-ring (bicyclic) bond motifs is 4. The van der Waals surface area contributed by atoms with E-state index in [2.05, 4.69) is 0 Å². The molecule has 1 aliphatic rings. The molecule has 8 rings (SSSR count). The van der Waals surface area contributed by atoms with Crippen molar-refractivity contribution in [2.45, 2.75) is 18.9 Å². The van der Waals surface area contributed by atoms with Crippen molar-refractivity contribution in [3.8, 4) is 27.9 Å². The Morgan fingerprint density at radius 1 is 0.531 bits per heavy atom. The number of hydrogen-bond donors (Lipinski definition) is 0. The van der Waals surface area contributed by atoms with E-state index in [1.165, 1.54) is 6.07 Å². The van der Waals surface area contributed by atoms with Crippen molar-refractivity contribution in [2.24, 2.45) is 0 Å². The zero-order valence-electron chi connectivity index (χ0n) is 25.5. The van der Waals surface area contributed by atoms with Gasteiger partial charge in [-0.1, -0.05) is 84.9 Å². The molecule has 9 heteroatoms. The van der Waals surface area contributed by atoms with Crippen molar-refractivity contribution in [1.82, 2.24) is 4.57 Å². The van der Waals surface area contributed by atoms with E-state index in [4.69, 9.17) is 0 Å². The number of nitrogens with zero attached hydrogens (tertiary/aromatic N) is 2. The Balaban J connectivity index is 1.32. The van der Waals surface area contributed by atoms with Crippen LogP contribution in [0, 0.1) is 0 Å². The highest BCUT2D eigenvalue weighted by Crippen LogP contribution is 2.44. The van der Waals surface area contributed by atoms with Gasteiger partial charge in [0.1, 0.15) is 0 Å². The lowest BCUT2D eigenvalue weighted by molar-refractivity contribution is -0.143. The molecule has 0 saturated carbocycles. The summed E-state index contributed by atoms with van der Waals surface area (Å²) in [6, 6.07) is 36.8. The highest BCUT2D eigenvalue weighted by molar-refractivity contribution is 6.15. The fraction of sp³-hybridized carbons (Fsp3) is 0.0750. The molecule has 0 radical (unpaired) electrons. The lowest BCUT2D eigenvalue weighted by Gasteiger charge is -2.18. The second-order valence-electron chi connectivity index (χ2n) is 12.0. The quantitative estimate of drug-likeness (QED) is 0.172. The minimum Gasteiger partial charge on any atom is -0.308 e. The van der Waals surface area contributed by atoms with E-state index in [1.807, 2.05) is 89.5 Å². The molecule has 0 aliphatic carbocycles. The molecule has 1 aromatic heterocycles. The lowest BCUT2D eigenvalue weighted by Crippen LogP contribution is -2.22. The molecule has 0 saturated heterocycles. The minimum atomic E-state index is -5.00. The first-order chi connectivity index (χ1) is 23.5. The molecule has 1 amide bonds. The van der Waals surface area contributed by atoms with Crippen molar-refractivity contribution >= 4 is 33.4 Å². The van der Waals surface area contributed by atoms with Gasteiger partial charge < -0.3 is 9.47 Å². The summed E-state index contributed by atoms with van der Waals surface area (Å²) < 4.78 is 85.5. The molecule has 1 aliphatic heterocycles. The fourth-order valence-electron chi connectivity index (χ4n) is 6.81.